The molecule has 0 aromatic heterocycles. The van der Waals surface area contributed by atoms with E-state index in [1.807, 2.05) is 6.92 Å². The van der Waals surface area contributed by atoms with Gasteiger partial charge in [-0.05, 0) is 50.9 Å². The van der Waals surface area contributed by atoms with E-state index in [1.54, 1.807) is 0 Å². The van der Waals surface area contributed by atoms with Gasteiger partial charge in [-0.3, -0.25) is 4.99 Å². The molecule has 2 fully saturated rings. The van der Waals surface area contributed by atoms with Gasteiger partial charge >= 0.3 is 0 Å². The summed E-state index contributed by atoms with van der Waals surface area (Å²) in [5.74, 6) is 2.26. The molecule has 158 valence electrons. The Hall–Kier alpha value is -0.860. The van der Waals surface area contributed by atoms with Crippen LogP contribution in [0.5, 0.6) is 0 Å². The Kier molecular flexibility index (Phi) is 9.32. The number of sulfonamides is 1. The molecule has 2 heterocycles. The lowest BCUT2D eigenvalue weighted by Crippen LogP contribution is -2.41. The molecule has 0 aliphatic carbocycles. The first kappa shape index (κ1) is 22.4. The van der Waals surface area contributed by atoms with Gasteiger partial charge in [-0.2, -0.15) is 0 Å². The first-order valence-electron chi connectivity index (χ1n) is 10.5. The number of nitrogens with zero attached hydrogens (tertiary/aromatic N) is 2. The van der Waals surface area contributed by atoms with Crippen molar-refractivity contribution in [2.45, 2.75) is 59.0 Å². The molecule has 0 bridgehead atoms. The minimum atomic E-state index is -3.33. The second-order valence-electron chi connectivity index (χ2n) is 8.12. The topological polar surface area (TPSA) is 83.0 Å². The maximum Gasteiger partial charge on any atom is 0.213 e. The van der Waals surface area contributed by atoms with Crippen molar-refractivity contribution >= 4 is 16.0 Å². The Morgan fingerprint density at radius 1 is 1.30 bits per heavy atom. The van der Waals surface area contributed by atoms with Crippen LogP contribution in [0, 0.1) is 11.8 Å². The van der Waals surface area contributed by atoms with Crippen LogP contribution < -0.4 is 10.0 Å². The molecule has 0 aromatic rings. The van der Waals surface area contributed by atoms with Gasteiger partial charge in [0.2, 0.25) is 10.0 Å². The Morgan fingerprint density at radius 2 is 2.11 bits per heavy atom. The van der Waals surface area contributed by atoms with Crippen LogP contribution in [0.4, 0.5) is 0 Å². The molecule has 8 heteroatoms. The largest absolute Gasteiger partial charge is 0.377 e. The van der Waals surface area contributed by atoms with E-state index in [1.165, 1.54) is 12.8 Å². The van der Waals surface area contributed by atoms with Crippen LogP contribution in [-0.4, -0.2) is 70.5 Å². The molecule has 2 aliphatic heterocycles. The van der Waals surface area contributed by atoms with Gasteiger partial charge < -0.3 is 15.0 Å². The highest BCUT2D eigenvalue weighted by Crippen LogP contribution is 2.23. The second-order valence-corrected chi connectivity index (χ2v) is 10.0. The molecule has 2 aliphatic rings. The Bertz CT molecular complexity index is 559. The highest BCUT2D eigenvalue weighted by atomic mass is 32.2. The lowest BCUT2D eigenvalue weighted by Gasteiger charge is -2.23. The minimum absolute atomic E-state index is 0.0110. The molecule has 2 saturated heterocycles. The third-order valence-electron chi connectivity index (χ3n) is 5.15. The summed E-state index contributed by atoms with van der Waals surface area (Å²) in [7, 11) is -3.33. The van der Waals surface area contributed by atoms with Gasteiger partial charge in [0.25, 0.3) is 0 Å². The van der Waals surface area contributed by atoms with Crippen molar-refractivity contribution in [3.63, 3.8) is 0 Å². The Labute approximate surface area is 165 Å². The number of ether oxygens (including phenoxy) is 1. The molecule has 2 N–H and O–H groups in total. The quantitative estimate of drug-likeness (QED) is 0.454. The zero-order valence-electron chi connectivity index (χ0n) is 17.2. The molecular formula is C19H38N4O3S. The maximum atomic E-state index is 12.2. The predicted octanol–water partition coefficient (Wildman–Crippen LogP) is 1.81. The molecule has 2 atom stereocenters. The summed E-state index contributed by atoms with van der Waals surface area (Å²) in [5.41, 5.74) is 0. The van der Waals surface area contributed by atoms with Crippen molar-refractivity contribution < 1.29 is 13.2 Å². The van der Waals surface area contributed by atoms with Gasteiger partial charge in [0.1, 0.15) is 0 Å². The zero-order valence-corrected chi connectivity index (χ0v) is 18.1. The van der Waals surface area contributed by atoms with E-state index in [9.17, 15) is 8.42 Å². The molecule has 27 heavy (non-hydrogen) atoms. The lowest BCUT2D eigenvalue weighted by atomic mass is 9.97. The van der Waals surface area contributed by atoms with Gasteiger partial charge in [-0.25, -0.2) is 13.1 Å². The van der Waals surface area contributed by atoms with Crippen LogP contribution in [0.3, 0.4) is 0 Å². The van der Waals surface area contributed by atoms with E-state index in [0.29, 0.717) is 18.4 Å². The molecule has 0 aromatic carbocycles. The number of aliphatic imine (C=N–C) groups is 1. The van der Waals surface area contributed by atoms with Crippen molar-refractivity contribution in [1.29, 1.82) is 0 Å². The van der Waals surface area contributed by atoms with E-state index >= 15 is 0 Å². The standard InChI is InChI=1S/C19H38N4O3S/c1-4-20-19(23-10-8-17(15-23)13-16(2)3)21-9-12-27(24,25)22-14-18-7-5-6-11-26-18/h16-18,22H,4-15H2,1-3H3,(H,20,21). The summed E-state index contributed by atoms with van der Waals surface area (Å²) in [4.78, 5) is 6.84. The van der Waals surface area contributed by atoms with E-state index < -0.39 is 10.0 Å². The average Bonchev–Trinajstić information content (AvgIpc) is 3.08. The van der Waals surface area contributed by atoms with Crippen molar-refractivity contribution in [3.05, 3.63) is 0 Å². The monoisotopic (exact) mass is 402 g/mol. The number of rotatable bonds is 9. The third-order valence-corrected chi connectivity index (χ3v) is 6.48. The Morgan fingerprint density at radius 3 is 2.78 bits per heavy atom. The molecule has 2 unspecified atom stereocenters. The molecular weight excluding hydrogens is 364 g/mol. The van der Waals surface area contributed by atoms with Crippen molar-refractivity contribution in [1.82, 2.24) is 14.9 Å². The fraction of sp³-hybridized carbons (Fsp3) is 0.947. The summed E-state index contributed by atoms with van der Waals surface area (Å²) < 4.78 is 32.7. The second kappa shape index (κ2) is 11.2. The average molecular weight is 403 g/mol. The van der Waals surface area contributed by atoms with Crippen LogP contribution in [0.2, 0.25) is 0 Å². The van der Waals surface area contributed by atoms with E-state index in [-0.39, 0.29) is 18.4 Å². The van der Waals surface area contributed by atoms with Gasteiger partial charge in [-0.15, -0.1) is 0 Å². The molecule has 0 radical (unpaired) electrons. The normalized spacial score (nSPS) is 24.6. The highest BCUT2D eigenvalue weighted by molar-refractivity contribution is 7.89. The fourth-order valence-electron chi connectivity index (χ4n) is 3.84. The van der Waals surface area contributed by atoms with Gasteiger partial charge in [-0.1, -0.05) is 13.8 Å². The van der Waals surface area contributed by atoms with E-state index in [0.717, 1.165) is 51.5 Å². The van der Waals surface area contributed by atoms with Gasteiger partial charge in [0.15, 0.2) is 5.96 Å². The van der Waals surface area contributed by atoms with Crippen LogP contribution in [-0.2, 0) is 14.8 Å². The number of hydrogen-bond donors (Lipinski definition) is 2. The highest BCUT2D eigenvalue weighted by Gasteiger charge is 2.25. The SMILES string of the molecule is CCNC(=NCCS(=O)(=O)NCC1CCCCO1)N1CCC(CC(C)C)C1. The van der Waals surface area contributed by atoms with Crippen LogP contribution in [0.1, 0.15) is 52.9 Å². The molecule has 0 amide bonds. The number of nitrogens with one attached hydrogen (secondary N) is 2. The predicted molar refractivity (Wildman–Crippen MR) is 110 cm³/mol. The first-order valence-corrected chi connectivity index (χ1v) is 12.2. The molecule has 0 saturated carbocycles. The number of likely N-dealkylation sites (tertiary alicyclic amines) is 1. The molecule has 0 spiro atoms. The Balaban J connectivity index is 1.79. The van der Waals surface area contributed by atoms with Gasteiger partial charge in [0.05, 0.1) is 18.4 Å². The van der Waals surface area contributed by atoms with E-state index in [4.69, 9.17) is 4.74 Å². The smallest absolute Gasteiger partial charge is 0.213 e. The summed E-state index contributed by atoms with van der Waals surface area (Å²) in [6, 6.07) is 0. The van der Waals surface area contributed by atoms with Crippen LogP contribution in [0.15, 0.2) is 4.99 Å². The summed E-state index contributed by atoms with van der Waals surface area (Å²) >= 11 is 0. The number of guanidine groups is 1. The van der Waals surface area contributed by atoms with Crippen molar-refractivity contribution in [2.24, 2.45) is 16.8 Å². The van der Waals surface area contributed by atoms with Crippen molar-refractivity contribution in [3.8, 4) is 0 Å². The molecule has 7 nitrogen and oxygen atoms in total. The lowest BCUT2D eigenvalue weighted by molar-refractivity contribution is 0.0200. The van der Waals surface area contributed by atoms with Crippen molar-refractivity contribution in [2.75, 3.05) is 45.1 Å². The summed E-state index contributed by atoms with van der Waals surface area (Å²) in [5, 5.41) is 3.31. The first-order chi connectivity index (χ1) is 12.9. The number of hydrogen-bond acceptors (Lipinski definition) is 4. The van der Waals surface area contributed by atoms with Crippen LogP contribution in [0.25, 0.3) is 0 Å². The minimum Gasteiger partial charge on any atom is -0.377 e. The fourth-order valence-corrected chi connectivity index (χ4v) is 4.76. The molecule has 2 rings (SSSR count). The zero-order chi connectivity index (χ0) is 19.7. The van der Waals surface area contributed by atoms with Gasteiger partial charge in [0, 0.05) is 32.8 Å². The third kappa shape index (κ3) is 8.35. The summed E-state index contributed by atoms with van der Waals surface area (Å²) in [6.45, 7) is 10.7. The van der Waals surface area contributed by atoms with E-state index in [2.05, 4.69) is 33.8 Å². The van der Waals surface area contributed by atoms with Crippen LogP contribution >= 0.6 is 0 Å². The summed E-state index contributed by atoms with van der Waals surface area (Å²) in [6.07, 6.45) is 5.53. The maximum absolute atomic E-state index is 12.2.